The Bertz CT molecular complexity index is 381. The van der Waals surface area contributed by atoms with Crippen LogP contribution in [0.1, 0.15) is 18.9 Å². The Hall–Kier alpha value is -1.10. The smallest absolute Gasteiger partial charge is 0.137 e. The predicted octanol–water partition coefficient (Wildman–Crippen LogP) is 1.98. The number of ether oxygens (including phenoxy) is 3. The standard InChI is InChI=1S/C15H23NO3/c1-3-16-14-7-8-18-11-15(14)19-13-6-4-5-12(9-13)10-17-2/h4-6,9,14-16H,3,7-8,10-11H2,1-2H3. The minimum atomic E-state index is 0.0755. The summed E-state index contributed by atoms with van der Waals surface area (Å²) in [5.74, 6) is 0.882. The lowest BCUT2D eigenvalue weighted by atomic mass is 10.1. The number of rotatable bonds is 6. The van der Waals surface area contributed by atoms with Crippen molar-refractivity contribution >= 4 is 0 Å². The Morgan fingerprint density at radius 1 is 1.42 bits per heavy atom. The Balaban J connectivity index is 1.99. The molecule has 0 aromatic heterocycles. The summed E-state index contributed by atoms with van der Waals surface area (Å²) in [5, 5.41) is 3.46. The fraction of sp³-hybridized carbons (Fsp3) is 0.600. The van der Waals surface area contributed by atoms with Gasteiger partial charge in [0.2, 0.25) is 0 Å². The average Bonchev–Trinajstić information content (AvgIpc) is 2.42. The van der Waals surface area contributed by atoms with Crippen molar-refractivity contribution in [2.75, 3.05) is 26.9 Å². The second kappa shape index (κ2) is 7.48. The topological polar surface area (TPSA) is 39.7 Å². The van der Waals surface area contributed by atoms with E-state index in [0.29, 0.717) is 19.3 Å². The number of nitrogens with one attached hydrogen (secondary N) is 1. The van der Waals surface area contributed by atoms with Gasteiger partial charge in [0.25, 0.3) is 0 Å². The maximum absolute atomic E-state index is 6.06. The van der Waals surface area contributed by atoms with E-state index in [1.165, 1.54) is 0 Å². The highest BCUT2D eigenvalue weighted by atomic mass is 16.5. The number of methoxy groups -OCH3 is 1. The zero-order chi connectivity index (χ0) is 13.5. The molecule has 4 nitrogen and oxygen atoms in total. The van der Waals surface area contributed by atoms with E-state index in [1.54, 1.807) is 7.11 Å². The monoisotopic (exact) mass is 265 g/mol. The number of hydrogen-bond acceptors (Lipinski definition) is 4. The van der Waals surface area contributed by atoms with E-state index in [9.17, 15) is 0 Å². The van der Waals surface area contributed by atoms with Gasteiger partial charge in [0, 0.05) is 19.8 Å². The first kappa shape index (κ1) is 14.3. The van der Waals surface area contributed by atoms with Crippen LogP contribution in [0.4, 0.5) is 0 Å². The summed E-state index contributed by atoms with van der Waals surface area (Å²) < 4.78 is 16.7. The largest absolute Gasteiger partial charge is 0.486 e. The molecule has 1 N–H and O–H groups in total. The third-order valence-corrected chi connectivity index (χ3v) is 3.27. The summed E-state index contributed by atoms with van der Waals surface area (Å²) in [4.78, 5) is 0. The minimum Gasteiger partial charge on any atom is -0.486 e. The van der Waals surface area contributed by atoms with Crippen LogP contribution in [-0.2, 0) is 16.1 Å². The Labute approximate surface area is 115 Å². The van der Waals surface area contributed by atoms with Crippen molar-refractivity contribution in [2.24, 2.45) is 0 Å². The van der Waals surface area contributed by atoms with Crippen molar-refractivity contribution in [1.82, 2.24) is 5.32 Å². The first-order valence-corrected chi connectivity index (χ1v) is 6.89. The lowest BCUT2D eigenvalue weighted by molar-refractivity contribution is -0.0143. The average molecular weight is 265 g/mol. The van der Waals surface area contributed by atoms with Gasteiger partial charge in [-0.05, 0) is 30.7 Å². The van der Waals surface area contributed by atoms with Crippen molar-refractivity contribution < 1.29 is 14.2 Å². The van der Waals surface area contributed by atoms with E-state index < -0.39 is 0 Å². The summed E-state index contributed by atoms with van der Waals surface area (Å²) >= 11 is 0. The molecule has 106 valence electrons. The zero-order valence-corrected chi connectivity index (χ0v) is 11.7. The molecule has 4 heteroatoms. The molecule has 1 aromatic rings. The summed E-state index contributed by atoms with van der Waals surface area (Å²) in [6, 6.07) is 8.41. The van der Waals surface area contributed by atoms with Gasteiger partial charge in [-0.15, -0.1) is 0 Å². The van der Waals surface area contributed by atoms with Crippen LogP contribution in [0.15, 0.2) is 24.3 Å². The highest BCUT2D eigenvalue weighted by Crippen LogP contribution is 2.19. The van der Waals surface area contributed by atoms with Crippen LogP contribution >= 0.6 is 0 Å². The predicted molar refractivity (Wildman–Crippen MR) is 74.5 cm³/mol. The van der Waals surface area contributed by atoms with Crippen molar-refractivity contribution in [3.63, 3.8) is 0 Å². The molecule has 19 heavy (non-hydrogen) atoms. The molecule has 0 radical (unpaired) electrons. The number of benzene rings is 1. The molecule has 0 amide bonds. The lowest BCUT2D eigenvalue weighted by Gasteiger charge is -2.32. The molecule has 2 unspecified atom stereocenters. The van der Waals surface area contributed by atoms with Gasteiger partial charge in [-0.1, -0.05) is 19.1 Å². The van der Waals surface area contributed by atoms with E-state index in [0.717, 1.165) is 30.9 Å². The van der Waals surface area contributed by atoms with Gasteiger partial charge in [-0.2, -0.15) is 0 Å². The lowest BCUT2D eigenvalue weighted by Crippen LogP contribution is -2.49. The summed E-state index contributed by atoms with van der Waals surface area (Å²) in [7, 11) is 1.70. The second-order valence-electron chi connectivity index (χ2n) is 4.76. The van der Waals surface area contributed by atoms with E-state index in [4.69, 9.17) is 14.2 Å². The maximum Gasteiger partial charge on any atom is 0.137 e. The van der Waals surface area contributed by atoms with Crippen LogP contribution < -0.4 is 10.1 Å². The SMILES string of the molecule is CCNC1CCOCC1Oc1cccc(COC)c1. The Morgan fingerprint density at radius 3 is 3.11 bits per heavy atom. The van der Waals surface area contributed by atoms with E-state index >= 15 is 0 Å². The molecule has 2 atom stereocenters. The van der Waals surface area contributed by atoms with E-state index in [1.807, 2.05) is 24.3 Å². The number of hydrogen-bond donors (Lipinski definition) is 1. The molecule has 0 aliphatic carbocycles. The summed E-state index contributed by atoms with van der Waals surface area (Å²) in [6.07, 6.45) is 1.07. The minimum absolute atomic E-state index is 0.0755. The van der Waals surface area contributed by atoms with E-state index in [2.05, 4.69) is 12.2 Å². The van der Waals surface area contributed by atoms with Crippen molar-refractivity contribution in [1.29, 1.82) is 0 Å². The summed E-state index contributed by atoms with van der Waals surface area (Å²) in [6.45, 7) is 5.13. The summed E-state index contributed by atoms with van der Waals surface area (Å²) in [5.41, 5.74) is 1.12. The first-order chi connectivity index (χ1) is 9.33. The van der Waals surface area contributed by atoms with Gasteiger partial charge in [0.15, 0.2) is 0 Å². The van der Waals surface area contributed by atoms with Crippen LogP contribution in [0.3, 0.4) is 0 Å². The van der Waals surface area contributed by atoms with E-state index in [-0.39, 0.29) is 6.10 Å². The van der Waals surface area contributed by atoms with Crippen LogP contribution in [0.5, 0.6) is 5.75 Å². The Kier molecular flexibility index (Phi) is 5.63. The van der Waals surface area contributed by atoms with Crippen LogP contribution in [0, 0.1) is 0 Å². The molecule has 1 aliphatic heterocycles. The maximum atomic E-state index is 6.06. The van der Waals surface area contributed by atoms with Crippen LogP contribution in [-0.4, -0.2) is 39.0 Å². The third kappa shape index (κ3) is 4.20. The molecule has 0 bridgehead atoms. The van der Waals surface area contributed by atoms with Gasteiger partial charge in [0.05, 0.1) is 13.2 Å². The molecule has 1 fully saturated rings. The van der Waals surface area contributed by atoms with Crippen molar-refractivity contribution in [2.45, 2.75) is 32.1 Å². The molecule has 2 rings (SSSR count). The fourth-order valence-electron chi connectivity index (χ4n) is 2.37. The molecule has 1 aromatic carbocycles. The molecule has 1 saturated heterocycles. The highest BCUT2D eigenvalue weighted by Gasteiger charge is 2.26. The molecule has 0 saturated carbocycles. The molecule has 0 spiro atoms. The van der Waals surface area contributed by atoms with Crippen LogP contribution in [0.25, 0.3) is 0 Å². The zero-order valence-electron chi connectivity index (χ0n) is 11.7. The molecule has 1 aliphatic rings. The van der Waals surface area contributed by atoms with Gasteiger partial charge in [-0.25, -0.2) is 0 Å². The third-order valence-electron chi connectivity index (χ3n) is 3.27. The second-order valence-corrected chi connectivity index (χ2v) is 4.76. The quantitative estimate of drug-likeness (QED) is 0.854. The van der Waals surface area contributed by atoms with Gasteiger partial charge >= 0.3 is 0 Å². The van der Waals surface area contributed by atoms with Crippen molar-refractivity contribution in [3.8, 4) is 5.75 Å². The van der Waals surface area contributed by atoms with Crippen molar-refractivity contribution in [3.05, 3.63) is 29.8 Å². The van der Waals surface area contributed by atoms with Crippen LogP contribution in [0.2, 0.25) is 0 Å². The molecular formula is C15H23NO3. The molecular weight excluding hydrogens is 242 g/mol. The normalized spacial score (nSPS) is 23.3. The molecule has 1 heterocycles. The number of likely N-dealkylation sites (N-methyl/N-ethyl adjacent to an activating group) is 1. The van der Waals surface area contributed by atoms with Gasteiger partial charge in [-0.3, -0.25) is 0 Å². The highest BCUT2D eigenvalue weighted by molar-refractivity contribution is 5.28. The fourth-order valence-corrected chi connectivity index (χ4v) is 2.37. The first-order valence-electron chi connectivity index (χ1n) is 6.89. The Morgan fingerprint density at radius 2 is 2.32 bits per heavy atom. The van der Waals surface area contributed by atoms with Gasteiger partial charge < -0.3 is 19.5 Å². The van der Waals surface area contributed by atoms with Gasteiger partial charge in [0.1, 0.15) is 11.9 Å².